The fourth-order valence-electron chi connectivity index (χ4n) is 1.51. The van der Waals surface area contributed by atoms with Crippen molar-refractivity contribution in [3.05, 3.63) is 40.7 Å². The number of H-pyrrole nitrogens is 1. The minimum absolute atomic E-state index is 0.0679. The van der Waals surface area contributed by atoms with E-state index in [9.17, 15) is 4.79 Å². The molecule has 0 bridgehead atoms. The van der Waals surface area contributed by atoms with Crippen LogP contribution in [0.25, 0.3) is 11.3 Å². The second-order valence-corrected chi connectivity index (χ2v) is 3.51. The van der Waals surface area contributed by atoms with Crippen molar-refractivity contribution in [1.82, 2.24) is 9.78 Å². The molecule has 5 heteroatoms. The Bertz CT molecular complexity index is 525. The number of nitrogens with one attached hydrogen (secondary N) is 1. The lowest BCUT2D eigenvalue weighted by molar-refractivity contribution is 0.267. The minimum Gasteiger partial charge on any atom is -0.399 e. The quantitative estimate of drug-likeness (QED) is 0.654. The molecule has 0 aliphatic heterocycles. The highest BCUT2D eigenvalue weighted by Crippen LogP contribution is 2.16. The van der Waals surface area contributed by atoms with Crippen LogP contribution >= 0.6 is 0 Å². The number of aliphatic hydroxyl groups excluding tert-OH is 1. The third kappa shape index (κ3) is 1.99. The molecule has 0 amide bonds. The standard InChI is InChI=1S/C11H13N3O2/c12-9-3-1-8(2-4-9)10-7-11(16)14(13-10)5-6-15/h1-4,7,13,15H,5-6,12H2. The van der Waals surface area contributed by atoms with Crippen molar-refractivity contribution < 1.29 is 5.11 Å². The lowest BCUT2D eigenvalue weighted by Crippen LogP contribution is -2.17. The first-order valence-electron chi connectivity index (χ1n) is 4.97. The fraction of sp³-hybridized carbons (Fsp3) is 0.182. The van der Waals surface area contributed by atoms with Gasteiger partial charge in [0.25, 0.3) is 5.56 Å². The van der Waals surface area contributed by atoms with Crippen molar-refractivity contribution in [3.63, 3.8) is 0 Å². The van der Waals surface area contributed by atoms with Crippen LogP contribution in [0.3, 0.4) is 0 Å². The van der Waals surface area contributed by atoms with Crippen molar-refractivity contribution in [2.45, 2.75) is 6.54 Å². The SMILES string of the molecule is Nc1ccc(-c2cc(=O)n(CCO)[nH]2)cc1. The molecule has 2 rings (SSSR count). The monoisotopic (exact) mass is 219 g/mol. The average molecular weight is 219 g/mol. The van der Waals surface area contributed by atoms with Gasteiger partial charge in [0.2, 0.25) is 0 Å². The summed E-state index contributed by atoms with van der Waals surface area (Å²) in [4.78, 5) is 11.5. The predicted octanol–water partition coefficient (Wildman–Crippen LogP) is 0.418. The molecule has 0 saturated heterocycles. The molecule has 5 nitrogen and oxygen atoms in total. The third-order valence-corrected chi connectivity index (χ3v) is 2.33. The number of nitrogens with two attached hydrogens (primary N) is 1. The molecule has 0 unspecified atom stereocenters. The van der Waals surface area contributed by atoms with Gasteiger partial charge in [0.05, 0.1) is 18.8 Å². The number of rotatable bonds is 3. The topological polar surface area (TPSA) is 84.0 Å². The lowest BCUT2D eigenvalue weighted by atomic mass is 10.1. The van der Waals surface area contributed by atoms with Crippen LogP contribution in [0.5, 0.6) is 0 Å². The van der Waals surface area contributed by atoms with E-state index < -0.39 is 0 Å². The number of hydrogen-bond donors (Lipinski definition) is 3. The maximum absolute atomic E-state index is 11.5. The molecule has 2 aromatic rings. The highest BCUT2D eigenvalue weighted by Gasteiger charge is 2.04. The molecule has 16 heavy (non-hydrogen) atoms. The molecule has 0 aliphatic carbocycles. The van der Waals surface area contributed by atoms with Gasteiger partial charge in [0.15, 0.2) is 0 Å². The Kier molecular flexibility index (Phi) is 2.78. The maximum atomic E-state index is 11.5. The third-order valence-electron chi connectivity index (χ3n) is 2.33. The maximum Gasteiger partial charge on any atom is 0.267 e. The fourth-order valence-corrected chi connectivity index (χ4v) is 1.51. The molecule has 0 saturated carbocycles. The van der Waals surface area contributed by atoms with Crippen LogP contribution in [0.15, 0.2) is 35.1 Å². The average Bonchev–Trinajstić information content (AvgIpc) is 2.62. The molecular formula is C11H13N3O2. The Morgan fingerprint density at radius 3 is 2.62 bits per heavy atom. The molecule has 4 N–H and O–H groups in total. The zero-order valence-corrected chi connectivity index (χ0v) is 8.68. The van der Waals surface area contributed by atoms with Gasteiger partial charge in [-0.1, -0.05) is 12.1 Å². The van der Waals surface area contributed by atoms with Crippen LogP contribution in [0, 0.1) is 0 Å². The molecule has 0 aliphatic rings. The number of aromatic nitrogens is 2. The first kappa shape index (κ1) is 10.5. The van der Waals surface area contributed by atoms with Crippen LogP contribution in [0.4, 0.5) is 5.69 Å². The Morgan fingerprint density at radius 2 is 2.00 bits per heavy atom. The van der Waals surface area contributed by atoms with E-state index in [0.717, 1.165) is 11.3 Å². The summed E-state index contributed by atoms with van der Waals surface area (Å²) >= 11 is 0. The van der Waals surface area contributed by atoms with Gasteiger partial charge >= 0.3 is 0 Å². The number of nitrogens with zero attached hydrogens (tertiary/aromatic N) is 1. The second-order valence-electron chi connectivity index (χ2n) is 3.51. The van der Waals surface area contributed by atoms with Crippen molar-refractivity contribution in [2.24, 2.45) is 0 Å². The number of anilines is 1. The molecule has 0 atom stereocenters. The van der Waals surface area contributed by atoms with E-state index in [0.29, 0.717) is 5.69 Å². The summed E-state index contributed by atoms with van der Waals surface area (Å²) < 4.78 is 1.37. The van der Waals surface area contributed by atoms with Gasteiger partial charge in [-0.2, -0.15) is 0 Å². The van der Waals surface area contributed by atoms with Gasteiger partial charge in [0.1, 0.15) is 0 Å². The van der Waals surface area contributed by atoms with Crippen molar-refractivity contribution >= 4 is 5.69 Å². The molecule has 1 aromatic heterocycles. The van der Waals surface area contributed by atoms with Gasteiger partial charge in [-0.15, -0.1) is 0 Å². The summed E-state index contributed by atoms with van der Waals surface area (Å²) in [5, 5.41) is 11.7. The second kappa shape index (κ2) is 4.24. The normalized spacial score (nSPS) is 10.6. The smallest absolute Gasteiger partial charge is 0.267 e. The van der Waals surface area contributed by atoms with E-state index in [2.05, 4.69) is 5.10 Å². The van der Waals surface area contributed by atoms with Crippen LogP contribution in [0.1, 0.15) is 0 Å². The van der Waals surface area contributed by atoms with Crippen LogP contribution in [0.2, 0.25) is 0 Å². The molecule has 0 radical (unpaired) electrons. The van der Waals surface area contributed by atoms with E-state index in [4.69, 9.17) is 10.8 Å². The highest BCUT2D eigenvalue weighted by molar-refractivity contribution is 5.61. The van der Waals surface area contributed by atoms with Crippen LogP contribution in [-0.2, 0) is 6.54 Å². The first-order valence-corrected chi connectivity index (χ1v) is 4.97. The molecule has 0 fully saturated rings. The Labute approximate surface area is 92.1 Å². The zero-order chi connectivity index (χ0) is 11.5. The predicted molar refractivity (Wildman–Crippen MR) is 62.0 cm³/mol. The van der Waals surface area contributed by atoms with Gasteiger partial charge in [-0.25, -0.2) is 0 Å². The van der Waals surface area contributed by atoms with Gasteiger partial charge in [-0.05, 0) is 17.7 Å². The number of hydrogen-bond acceptors (Lipinski definition) is 3. The van der Waals surface area contributed by atoms with E-state index in [1.54, 1.807) is 12.1 Å². The van der Waals surface area contributed by atoms with Crippen molar-refractivity contribution in [3.8, 4) is 11.3 Å². The summed E-state index contributed by atoms with van der Waals surface area (Å²) in [6.45, 7) is 0.204. The summed E-state index contributed by atoms with van der Waals surface area (Å²) in [6.07, 6.45) is 0. The molecule has 1 heterocycles. The van der Waals surface area contributed by atoms with Crippen molar-refractivity contribution in [2.75, 3.05) is 12.3 Å². The Morgan fingerprint density at radius 1 is 1.31 bits per heavy atom. The minimum atomic E-state index is -0.152. The van der Waals surface area contributed by atoms with Crippen molar-refractivity contribution in [1.29, 1.82) is 0 Å². The van der Waals surface area contributed by atoms with Gasteiger partial charge in [-0.3, -0.25) is 14.6 Å². The Balaban J connectivity index is 2.37. The number of aromatic amines is 1. The van der Waals surface area contributed by atoms with Crippen LogP contribution in [-0.4, -0.2) is 21.5 Å². The summed E-state index contributed by atoms with van der Waals surface area (Å²) in [5.41, 5.74) is 7.72. The lowest BCUT2D eigenvalue weighted by Gasteiger charge is -2.00. The molecule has 0 spiro atoms. The first-order chi connectivity index (χ1) is 7.70. The van der Waals surface area contributed by atoms with Gasteiger partial charge in [0, 0.05) is 11.8 Å². The van der Waals surface area contributed by atoms with E-state index >= 15 is 0 Å². The zero-order valence-electron chi connectivity index (χ0n) is 8.68. The summed E-state index contributed by atoms with van der Waals surface area (Å²) in [7, 11) is 0. The Hall–Kier alpha value is -2.01. The molecule has 1 aromatic carbocycles. The number of nitrogen functional groups attached to an aromatic ring is 1. The number of benzene rings is 1. The summed E-state index contributed by atoms with van der Waals surface area (Å²) in [5.74, 6) is 0. The van der Waals surface area contributed by atoms with Gasteiger partial charge < -0.3 is 10.8 Å². The summed E-state index contributed by atoms with van der Waals surface area (Å²) in [6, 6.07) is 8.73. The molecule has 84 valence electrons. The van der Waals surface area contributed by atoms with E-state index in [1.807, 2.05) is 12.1 Å². The highest BCUT2D eigenvalue weighted by atomic mass is 16.3. The number of aliphatic hydroxyl groups is 1. The largest absolute Gasteiger partial charge is 0.399 e. The van der Waals surface area contributed by atoms with E-state index in [-0.39, 0.29) is 18.7 Å². The molecular weight excluding hydrogens is 206 g/mol. The van der Waals surface area contributed by atoms with E-state index in [1.165, 1.54) is 10.7 Å². The van der Waals surface area contributed by atoms with Crippen LogP contribution < -0.4 is 11.3 Å².